The van der Waals surface area contributed by atoms with E-state index in [2.05, 4.69) is 35.1 Å². The van der Waals surface area contributed by atoms with Crippen molar-refractivity contribution in [3.05, 3.63) is 41.6 Å². The molecule has 1 aromatic carbocycles. The third kappa shape index (κ3) is 5.44. The number of hydrogen-bond acceptors (Lipinski definition) is 5. The lowest BCUT2D eigenvalue weighted by Gasteiger charge is -2.28. The van der Waals surface area contributed by atoms with Gasteiger partial charge in [0, 0.05) is 31.1 Å². The molecule has 1 aliphatic heterocycles. The minimum absolute atomic E-state index is 0.0279. The van der Waals surface area contributed by atoms with E-state index in [1.165, 1.54) is 0 Å². The maximum Gasteiger partial charge on any atom is 0.227 e. The molecule has 2 fully saturated rings. The van der Waals surface area contributed by atoms with Gasteiger partial charge in [-0.1, -0.05) is 26.3 Å². The van der Waals surface area contributed by atoms with E-state index in [9.17, 15) is 9.59 Å². The first-order valence-electron chi connectivity index (χ1n) is 12.3. The molecule has 1 aromatic heterocycles. The molecule has 1 saturated carbocycles. The smallest absolute Gasteiger partial charge is 0.227 e. The number of pyridine rings is 1. The van der Waals surface area contributed by atoms with Gasteiger partial charge in [-0.2, -0.15) is 0 Å². The van der Waals surface area contributed by atoms with Crippen molar-refractivity contribution in [1.29, 1.82) is 0 Å². The van der Waals surface area contributed by atoms with E-state index in [4.69, 9.17) is 4.74 Å². The lowest BCUT2D eigenvalue weighted by atomic mass is 9.98. The maximum atomic E-state index is 12.9. The first kappa shape index (κ1) is 23.4. The number of ketones is 1. The number of morpholine rings is 1. The first-order valence-corrected chi connectivity index (χ1v) is 12.3. The second-order valence-corrected chi connectivity index (χ2v) is 9.28. The zero-order valence-corrected chi connectivity index (χ0v) is 20.0. The lowest BCUT2D eigenvalue weighted by Crippen LogP contribution is -2.37. The van der Waals surface area contributed by atoms with Gasteiger partial charge in [0.1, 0.15) is 11.5 Å². The van der Waals surface area contributed by atoms with E-state index in [0.717, 1.165) is 67.0 Å². The summed E-state index contributed by atoms with van der Waals surface area (Å²) in [5.41, 5.74) is 4.33. The molecule has 4 rings (SSSR count). The van der Waals surface area contributed by atoms with Crippen molar-refractivity contribution >= 4 is 23.2 Å². The van der Waals surface area contributed by atoms with E-state index in [-0.39, 0.29) is 17.6 Å². The van der Waals surface area contributed by atoms with Crippen LogP contribution in [0.3, 0.4) is 0 Å². The largest absolute Gasteiger partial charge is 0.378 e. The van der Waals surface area contributed by atoms with Crippen LogP contribution in [0.2, 0.25) is 0 Å². The highest BCUT2D eigenvalue weighted by Crippen LogP contribution is 2.34. The fraction of sp³-hybridized carbons (Fsp3) is 0.519. The van der Waals surface area contributed by atoms with Crippen molar-refractivity contribution < 1.29 is 14.3 Å². The first-order chi connectivity index (χ1) is 16.0. The predicted octanol–water partition coefficient (Wildman–Crippen LogP) is 5.25. The van der Waals surface area contributed by atoms with Crippen LogP contribution in [-0.2, 0) is 9.53 Å². The number of anilines is 2. The number of aryl methyl sites for hydroxylation is 1. The third-order valence-corrected chi connectivity index (χ3v) is 7.06. The molecule has 1 N–H and O–H groups in total. The number of carbonyl (C=O) groups excluding carboxylic acids is 2. The zero-order valence-electron chi connectivity index (χ0n) is 20.0. The Balaban J connectivity index is 1.63. The van der Waals surface area contributed by atoms with Crippen LogP contribution in [0, 0.1) is 18.8 Å². The van der Waals surface area contributed by atoms with Gasteiger partial charge >= 0.3 is 0 Å². The number of benzene rings is 1. The second kappa shape index (κ2) is 10.5. The highest BCUT2D eigenvalue weighted by molar-refractivity contribution is 5.96. The Morgan fingerprint density at radius 1 is 1.12 bits per heavy atom. The highest BCUT2D eigenvalue weighted by Gasteiger charge is 2.29. The Bertz CT molecular complexity index is 1010. The molecule has 6 heteroatoms. The Labute approximate surface area is 196 Å². The molecule has 1 unspecified atom stereocenters. The monoisotopic (exact) mass is 449 g/mol. The molecular formula is C27H35N3O3. The summed E-state index contributed by atoms with van der Waals surface area (Å²) in [5.74, 6) is 1.71. The standard InChI is InChI=1S/C27H35N3O3/c1-4-19-7-8-20(14-19)27(32)28-22-9-6-18(3)23(17-22)21-15-24(25(31)5-2)29-26(16-21)30-10-12-33-13-11-30/h6,9,15-17,19-20H,4-5,7-8,10-14H2,1-3H3,(H,28,32)/t19-,20?/m1/s1. The minimum atomic E-state index is 0.0279. The SMILES string of the molecule is CCC(=O)c1cc(-c2cc(NC(=O)C3CC[C@@H](CC)C3)ccc2C)cc(N2CCOCC2)n1. The number of nitrogens with one attached hydrogen (secondary N) is 1. The summed E-state index contributed by atoms with van der Waals surface area (Å²) < 4.78 is 5.49. The average molecular weight is 450 g/mol. The van der Waals surface area contributed by atoms with Gasteiger partial charge in [-0.3, -0.25) is 9.59 Å². The molecule has 0 spiro atoms. The van der Waals surface area contributed by atoms with Gasteiger partial charge in [-0.05, 0) is 73.1 Å². The van der Waals surface area contributed by atoms with Gasteiger partial charge in [0.25, 0.3) is 0 Å². The lowest BCUT2D eigenvalue weighted by molar-refractivity contribution is -0.119. The van der Waals surface area contributed by atoms with Crippen LogP contribution < -0.4 is 10.2 Å². The van der Waals surface area contributed by atoms with E-state index in [1.54, 1.807) is 0 Å². The van der Waals surface area contributed by atoms with Gasteiger partial charge in [0.2, 0.25) is 5.91 Å². The quantitative estimate of drug-likeness (QED) is 0.585. The maximum absolute atomic E-state index is 12.9. The Kier molecular flexibility index (Phi) is 7.43. The number of Topliss-reactive ketones (excluding diaryl/α,β-unsaturated/α-hetero) is 1. The van der Waals surface area contributed by atoms with Crippen LogP contribution in [0.25, 0.3) is 11.1 Å². The normalized spacial score (nSPS) is 20.6. The molecule has 0 bridgehead atoms. The van der Waals surface area contributed by atoms with Gasteiger partial charge in [0.15, 0.2) is 5.78 Å². The van der Waals surface area contributed by atoms with Gasteiger partial charge < -0.3 is 15.0 Å². The van der Waals surface area contributed by atoms with Crippen LogP contribution in [0.15, 0.2) is 30.3 Å². The summed E-state index contributed by atoms with van der Waals surface area (Å²) in [4.78, 5) is 32.3. The molecule has 2 heterocycles. The number of amides is 1. The molecule has 2 atom stereocenters. The summed E-state index contributed by atoms with van der Waals surface area (Å²) in [6.07, 6.45) is 4.65. The van der Waals surface area contributed by atoms with Gasteiger partial charge in [0.05, 0.1) is 13.2 Å². The zero-order chi connectivity index (χ0) is 23.4. The Hall–Kier alpha value is -2.73. The van der Waals surface area contributed by atoms with Crippen molar-refractivity contribution in [2.24, 2.45) is 11.8 Å². The molecule has 33 heavy (non-hydrogen) atoms. The van der Waals surface area contributed by atoms with Crippen LogP contribution in [0.1, 0.15) is 62.0 Å². The van der Waals surface area contributed by atoms with Gasteiger partial charge in [-0.15, -0.1) is 0 Å². The van der Waals surface area contributed by atoms with Crippen LogP contribution in [0.4, 0.5) is 11.5 Å². The Morgan fingerprint density at radius 3 is 2.61 bits per heavy atom. The molecular weight excluding hydrogens is 414 g/mol. The van der Waals surface area contributed by atoms with Crippen molar-refractivity contribution in [2.45, 2.75) is 52.9 Å². The summed E-state index contributed by atoms with van der Waals surface area (Å²) >= 11 is 0. The van der Waals surface area contributed by atoms with Gasteiger partial charge in [-0.25, -0.2) is 4.98 Å². The van der Waals surface area contributed by atoms with Crippen molar-refractivity contribution in [3.63, 3.8) is 0 Å². The predicted molar refractivity (Wildman–Crippen MR) is 132 cm³/mol. The van der Waals surface area contributed by atoms with E-state index in [1.807, 2.05) is 31.2 Å². The Morgan fingerprint density at radius 2 is 1.91 bits per heavy atom. The average Bonchev–Trinajstić information content (AvgIpc) is 3.34. The number of aromatic nitrogens is 1. The fourth-order valence-electron chi connectivity index (χ4n) is 4.89. The summed E-state index contributed by atoms with van der Waals surface area (Å²) in [6.45, 7) is 8.94. The molecule has 0 radical (unpaired) electrons. The molecule has 2 aromatic rings. The molecule has 2 aliphatic rings. The number of ether oxygens (including phenoxy) is 1. The third-order valence-electron chi connectivity index (χ3n) is 7.06. The van der Waals surface area contributed by atoms with E-state index >= 15 is 0 Å². The van der Waals surface area contributed by atoms with Crippen LogP contribution in [-0.4, -0.2) is 43.0 Å². The topological polar surface area (TPSA) is 71.5 Å². The molecule has 1 saturated heterocycles. The molecule has 176 valence electrons. The number of hydrogen-bond donors (Lipinski definition) is 1. The van der Waals surface area contributed by atoms with Crippen molar-refractivity contribution in [1.82, 2.24) is 4.98 Å². The molecule has 1 aliphatic carbocycles. The fourth-order valence-corrected chi connectivity index (χ4v) is 4.89. The highest BCUT2D eigenvalue weighted by atomic mass is 16.5. The van der Waals surface area contributed by atoms with E-state index in [0.29, 0.717) is 31.2 Å². The van der Waals surface area contributed by atoms with E-state index < -0.39 is 0 Å². The van der Waals surface area contributed by atoms with Crippen LogP contribution >= 0.6 is 0 Å². The number of rotatable bonds is 7. The second-order valence-electron chi connectivity index (χ2n) is 9.28. The molecule has 1 amide bonds. The van der Waals surface area contributed by atoms with Crippen molar-refractivity contribution in [3.8, 4) is 11.1 Å². The summed E-state index contributed by atoms with van der Waals surface area (Å²) in [6, 6.07) is 9.95. The number of nitrogens with zero attached hydrogens (tertiary/aromatic N) is 2. The summed E-state index contributed by atoms with van der Waals surface area (Å²) in [5, 5.41) is 3.14. The van der Waals surface area contributed by atoms with Crippen molar-refractivity contribution in [2.75, 3.05) is 36.5 Å². The molecule has 6 nitrogen and oxygen atoms in total. The summed E-state index contributed by atoms with van der Waals surface area (Å²) in [7, 11) is 0. The minimum Gasteiger partial charge on any atom is -0.378 e. The van der Waals surface area contributed by atoms with Crippen LogP contribution in [0.5, 0.6) is 0 Å². The number of carbonyl (C=O) groups is 2.